The van der Waals surface area contributed by atoms with Gasteiger partial charge in [-0.3, -0.25) is 14.4 Å². The quantitative estimate of drug-likeness (QED) is 0.726. The fraction of sp³-hybridized carbons (Fsp3) is 0.278. The van der Waals surface area contributed by atoms with Gasteiger partial charge in [0.15, 0.2) is 0 Å². The van der Waals surface area contributed by atoms with Crippen molar-refractivity contribution >= 4 is 51.3 Å². The van der Waals surface area contributed by atoms with Crippen molar-refractivity contribution in [1.29, 1.82) is 0 Å². The summed E-state index contributed by atoms with van der Waals surface area (Å²) in [6.45, 7) is 1.82. The van der Waals surface area contributed by atoms with Crippen LogP contribution in [0.25, 0.3) is 0 Å². The standard InChI is InChI=1S/C18H18ClN3O3S/c1-9-7-14(22-16(23)10-3-4-10)26-15(9)18(25)21-11-5-6-13(19)12(8-11)17(24)20-2/h5-8,10H,3-4H2,1-2H3,(H,20,24)(H,21,25)(H,22,23). The van der Waals surface area contributed by atoms with E-state index in [9.17, 15) is 14.4 Å². The van der Waals surface area contributed by atoms with Crippen LogP contribution < -0.4 is 16.0 Å². The van der Waals surface area contributed by atoms with E-state index in [0.29, 0.717) is 20.6 Å². The first-order valence-corrected chi connectivity index (χ1v) is 9.32. The Balaban J connectivity index is 1.74. The molecule has 3 rings (SSSR count). The molecule has 1 aromatic heterocycles. The Morgan fingerprint density at radius 1 is 1.12 bits per heavy atom. The van der Waals surface area contributed by atoms with E-state index in [2.05, 4.69) is 16.0 Å². The Bertz CT molecular complexity index is 890. The smallest absolute Gasteiger partial charge is 0.266 e. The van der Waals surface area contributed by atoms with Gasteiger partial charge in [0.2, 0.25) is 5.91 Å². The van der Waals surface area contributed by atoms with Gasteiger partial charge in [0.1, 0.15) is 0 Å². The van der Waals surface area contributed by atoms with Gasteiger partial charge < -0.3 is 16.0 Å². The molecule has 1 saturated carbocycles. The van der Waals surface area contributed by atoms with E-state index in [1.165, 1.54) is 24.5 Å². The van der Waals surface area contributed by atoms with Crippen LogP contribution in [0.1, 0.15) is 38.4 Å². The van der Waals surface area contributed by atoms with Gasteiger partial charge in [-0.05, 0) is 49.6 Å². The molecule has 1 fully saturated rings. The molecule has 8 heteroatoms. The molecule has 3 amide bonds. The number of carbonyl (C=O) groups excluding carboxylic acids is 3. The van der Waals surface area contributed by atoms with Gasteiger partial charge in [-0.1, -0.05) is 11.6 Å². The highest BCUT2D eigenvalue weighted by molar-refractivity contribution is 7.18. The van der Waals surface area contributed by atoms with Crippen LogP contribution in [0.3, 0.4) is 0 Å². The first-order chi connectivity index (χ1) is 12.4. The summed E-state index contributed by atoms with van der Waals surface area (Å²) in [7, 11) is 1.51. The molecule has 1 heterocycles. The van der Waals surface area contributed by atoms with E-state index in [-0.39, 0.29) is 29.2 Å². The minimum absolute atomic E-state index is 0.00568. The van der Waals surface area contributed by atoms with E-state index < -0.39 is 0 Å². The van der Waals surface area contributed by atoms with Crippen molar-refractivity contribution in [2.75, 3.05) is 17.7 Å². The number of halogens is 1. The van der Waals surface area contributed by atoms with Crippen LogP contribution in [-0.2, 0) is 4.79 Å². The number of rotatable bonds is 5. The lowest BCUT2D eigenvalue weighted by molar-refractivity contribution is -0.117. The monoisotopic (exact) mass is 391 g/mol. The Morgan fingerprint density at radius 2 is 1.85 bits per heavy atom. The van der Waals surface area contributed by atoms with Crippen LogP contribution >= 0.6 is 22.9 Å². The average molecular weight is 392 g/mol. The lowest BCUT2D eigenvalue weighted by Crippen LogP contribution is -2.19. The molecule has 1 aliphatic rings. The number of amides is 3. The fourth-order valence-electron chi connectivity index (χ4n) is 2.44. The van der Waals surface area contributed by atoms with Gasteiger partial charge in [-0.2, -0.15) is 0 Å². The third kappa shape index (κ3) is 4.05. The second-order valence-corrected chi connectivity index (χ2v) is 7.57. The van der Waals surface area contributed by atoms with Crippen molar-refractivity contribution in [3.8, 4) is 0 Å². The van der Waals surface area contributed by atoms with E-state index in [1.54, 1.807) is 18.2 Å². The lowest BCUT2D eigenvalue weighted by atomic mass is 10.2. The number of hydrogen-bond donors (Lipinski definition) is 3. The van der Waals surface area contributed by atoms with E-state index in [4.69, 9.17) is 11.6 Å². The Labute approximate surface area is 159 Å². The molecule has 6 nitrogen and oxygen atoms in total. The maximum Gasteiger partial charge on any atom is 0.266 e. The molecular weight excluding hydrogens is 374 g/mol. The molecule has 0 saturated heterocycles. The van der Waals surface area contributed by atoms with Gasteiger partial charge in [-0.15, -0.1) is 11.3 Å². The van der Waals surface area contributed by atoms with Crippen LogP contribution in [0.5, 0.6) is 0 Å². The van der Waals surface area contributed by atoms with Crippen LogP contribution in [0.4, 0.5) is 10.7 Å². The number of aryl methyl sites for hydroxylation is 1. The molecule has 0 radical (unpaired) electrons. The van der Waals surface area contributed by atoms with Crippen LogP contribution in [0, 0.1) is 12.8 Å². The normalized spacial score (nSPS) is 13.2. The number of nitrogens with one attached hydrogen (secondary N) is 3. The van der Waals surface area contributed by atoms with Crippen molar-refractivity contribution < 1.29 is 14.4 Å². The second kappa shape index (κ2) is 7.47. The maximum absolute atomic E-state index is 12.6. The molecule has 1 aromatic carbocycles. The highest BCUT2D eigenvalue weighted by Crippen LogP contribution is 2.33. The Morgan fingerprint density at radius 3 is 2.50 bits per heavy atom. The summed E-state index contributed by atoms with van der Waals surface area (Å²) in [5, 5.41) is 9.09. The molecule has 0 unspecified atom stereocenters. The van der Waals surface area contributed by atoms with Crippen molar-refractivity contribution in [2.45, 2.75) is 19.8 Å². The average Bonchev–Trinajstić information content (AvgIpc) is 3.39. The molecule has 0 aliphatic heterocycles. The lowest BCUT2D eigenvalue weighted by Gasteiger charge is -2.08. The van der Waals surface area contributed by atoms with Crippen LogP contribution in [0.15, 0.2) is 24.3 Å². The number of carbonyl (C=O) groups is 3. The molecule has 0 bridgehead atoms. The van der Waals surface area contributed by atoms with Crippen LogP contribution in [0.2, 0.25) is 5.02 Å². The summed E-state index contributed by atoms with van der Waals surface area (Å²) in [4.78, 5) is 36.8. The first-order valence-electron chi connectivity index (χ1n) is 8.13. The zero-order valence-corrected chi connectivity index (χ0v) is 15.9. The summed E-state index contributed by atoms with van der Waals surface area (Å²) in [5.74, 6) is -0.522. The zero-order valence-electron chi connectivity index (χ0n) is 14.3. The van der Waals surface area contributed by atoms with Crippen LogP contribution in [-0.4, -0.2) is 24.8 Å². The van der Waals surface area contributed by atoms with Gasteiger partial charge in [0.05, 0.1) is 20.5 Å². The Hall–Kier alpha value is -2.38. The fourth-order valence-corrected chi connectivity index (χ4v) is 3.61. The molecule has 0 atom stereocenters. The molecule has 26 heavy (non-hydrogen) atoms. The molecular formula is C18H18ClN3O3S. The van der Waals surface area contributed by atoms with E-state index in [1.807, 2.05) is 6.92 Å². The minimum Gasteiger partial charge on any atom is -0.355 e. The molecule has 3 N–H and O–H groups in total. The summed E-state index contributed by atoms with van der Waals surface area (Å²) < 4.78 is 0. The topological polar surface area (TPSA) is 87.3 Å². The number of thiophene rings is 1. The third-order valence-corrected chi connectivity index (χ3v) is 5.50. The summed E-state index contributed by atoms with van der Waals surface area (Å²) in [5.41, 5.74) is 1.53. The highest BCUT2D eigenvalue weighted by atomic mass is 35.5. The van der Waals surface area contributed by atoms with Crippen molar-refractivity contribution in [3.63, 3.8) is 0 Å². The summed E-state index contributed by atoms with van der Waals surface area (Å²) in [6, 6.07) is 6.51. The number of benzene rings is 1. The molecule has 1 aliphatic carbocycles. The predicted octanol–water partition coefficient (Wildman–Crippen LogP) is 3.67. The molecule has 0 spiro atoms. The molecule has 136 valence electrons. The zero-order chi connectivity index (χ0) is 18.8. The second-order valence-electron chi connectivity index (χ2n) is 6.11. The molecule has 2 aromatic rings. The van der Waals surface area contributed by atoms with E-state index >= 15 is 0 Å². The number of anilines is 2. The first kappa shape index (κ1) is 18.4. The SMILES string of the molecule is CNC(=O)c1cc(NC(=O)c2sc(NC(=O)C3CC3)cc2C)ccc1Cl. The Kier molecular flexibility index (Phi) is 5.29. The van der Waals surface area contributed by atoms with Gasteiger partial charge >= 0.3 is 0 Å². The minimum atomic E-state index is -0.330. The van der Waals surface area contributed by atoms with Crippen molar-refractivity contribution in [3.05, 3.63) is 45.3 Å². The van der Waals surface area contributed by atoms with E-state index in [0.717, 1.165) is 18.4 Å². The van der Waals surface area contributed by atoms with Gasteiger partial charge in [0, 0.05) is 18.7 Å². The van der Waals surface area contributed by atoms with Crippen molar-refractivity contribution in [2.24, 2.45) is 5.92 Å². The largest absolute Gasteiger partial charge is 0.355 e. The highest BCUT2D eigenvalue weighted by Gasteiger charge is 2.30. The predicted molar refractivity (Wildman–Crippen MR) is 103 cm³/mol. The maximum atomic E-state index is 12.6. The van der Waals surface area contributed by atoms with Gasteiger partial charge in [-0.25, -0.2) is 0 Å². The third-order valence-electron chi connectivity index (χ3n) is 4.01. The number of hydrogen-bond acceptors (Lipinski definition) is 4. The van der Waals surface area contributed by atoms with Crippen molar-refractivity contribution in [1.82, 2.24) is 5.32 Å². The van der Waals surface area contributed by atoms with Gasteiger partial charge in [0.25, 0.3) is 11.8 Å². The summed E-state index contributed by atoms with van der Waals surface area (Å²) >= 11 is 7.25. The summed E-state index contributed by atoms with van der Waals surface area (Å²) in [6.07, 6.45) is 1.85.